The topological polar surface area (TPSA) is 59.4 Å². The predicted octanol–water partition coefficient (Wildman–Crippen LogP) is 1.73. The molecule has 1 N–H and O–H groups in total. The van der Waals surface area contributed by atoms with Crippen molar-refractivity contribution in [1.29, 1.82) is 0 Å². The third kappa shape index (κ3) is 1.50. The lowest BCUT2D eigenvalue weighted by atomic mass is 10.1. The molecule has 2 rings (SSSR count). The van der Waals surface area contributed by atoms with E-state index in [-0.39, 0.29) is 11.4 Å². The van der Waals surface area contributed by atoms with Crippen LogP contribution in [0.4, 0.5) is 0 Å². The van der Waals surface area contributed by atoms with Crippen molar-refractivity contribution in [2.45, 2.75) is 0 Å². The normalized spacial score (nSPS) is 10.2. The third-order valence-electron chi connectivity index (χ3n) is 2.16. The van der Waals surface area contributed by atoms with Gasteiger partial charge in [0.1, 0.15) is 5.75 Å². The number of ether oxygens (including phenoxy) is 1. The van der Waals surface area contributed by atoms with Crippen molar-refractivity contribution in [2.24, 2.45) is 0 Å². The molecule has 0 aliphatic heterocycles. The maximum atomic E-state index is 11.4. The fraction of sp³-hybridized carbons (Fsp3) is 0.0909. The van der Waals surface area contributed by atoms with Crippen LogP contribution in [0.2, 0.25) is 0 Å². The molecule has 4 nitrogen and oxygen atoms in total. The first-order valence-electron chi connectivity index (χ1n) is 4.39. The number of pyridine rings is 1. The van der Waals surface area contributed by atoms with E-state index in [0.717, 1.165) is 0 Å². The number of phenolic OH excluding ortho intramolecular Hbond substituents is 1. The molecular formula is C11H9NO3. The second-order valence-corrected chi connectivity index (χ2v) is 3.02. The fourth-order valence-corrected chi connectivity index (χ4v) is 1.45. The van der Waals surface area contributed by atoms with E-state index in [1.54, 1.807) is 24.3 Å². The monoisotopic (exact) mass is 203 g/mol. The van der Waals surface area contributed by atoms with Gasteiger partial charge in [-0.25, -0.2) is 9.78 Å². The van der Waals surface area contributed by atoms with Crippen LogP contribution in [0.3, 0.4) is 0 Å². The van der Waals surface area contributed by atoms with E-state index in [9.17, 15) is 9.90 Å². The molecule has 0 unspecified atom stereocenters. The third-order valence-corrected chi connectivity index (χ3v) is 2.16. The largest absolute Gasteiger partial charge is 0.507 e. The summed E-state index contributed by atoms with van der Waals surface area (Å²) < 4.78 is 4.60. The van der Waals surface area contributed by atoms with Crippen LogP contribution in [0.15, 0.2) is 30.5 Å². The molecular weight excluding hydrogens is 194 g/mol. The van der Waals surface area contributed by atoms with Gasteiger partial charge in [0.05, 0.1) is 7.11 Å². The molecule has 1 aromatic heterocycles. The molecule has 4 heteroatoms. The Balaban J connectivity index is 2.77. The average Bonchev–Trinajstić information content (AvgIpc) is 2.28. The number of nitrogens with zero attached hydrogens (tertiary/aromatic N) is 1. The standard InChI is InChI=1S/C11H9NO3/c1-15-11(14)10-8-3-2-4-9(13)7(8)5-6-12-10/h2-6,13H,1H3. The molecule has 15 heavy (non-hydrogen) atoms. The molecule has 0 amide bonds. The molecule has 0 aliphatic carbocycles. The minimum atomic E-state index is -0.508. The Labute approximate surface area is 86.1 Å². The van der Waals surface area contributed by atoms with Crippen molar-refractivity contribution in [3.63, 3.8) is 0 Å². The summed E-state index contributed by atoms with van der Waals surface area (Å²) in [6.07, 6.45) is 1.47. The molecule has 0 spiro atoms. The Bertz CT molecular complexity index is 522. The lowest BCUT2D eigenvalue weighted by molar-refractivity contribution is 0.0596. The quantitative estimate of drug-likeness (QED) is 0.717. The van der Waals surface area contributed by atoms with E-state index in [1.807, 2.05) is 0 Å². The minimum Gasteiger partial charge on any atom is -0.507 e. The van der Waals surface area contributed by atoms with E-state index >= 15 is 0 Å². The van der Waals surface area contributed by atoms with Crippen LogP contribution < -0.4 is 0 Å². The van der Waals surface area contributed by atoms with Crippen molar-refractivity contribution in [2.75, 3.05) is 7.11 Å². The van der Waals surface area contributed by atoms with Gasteiger partial charge < -0.3 is 9.84 Å². The second-order valence-electron chi connectivity index (χ2n) is 3.02. The summed E-state index contributed by atoms with van der Waals surface area (Å²) >= 11 is 0. The number of phenols is 1. The zero-order chi connectivity index (χ0) is 10.8. The lowest BCUT2D eigenvalue weighted by Crippen LogP contribution is -2.04. The van der Waals surface area contributed by atoms with Crippen molar-refractivity contribution >= 4 is 16.7 Å². The summed E-state index contributed by atoms with van der Waals surface area (Å²) in [6, 6.07) is 6.58. The predicted molar refractivity (Wildman–Crippen MR) is 54.7 cm³/mol. The molecule has 0 fully saturated rings. The van der Waals surface area contributed by atoms with Crippen LogP contribution in [-0.2, 0) is 4.74 Å². The van der Waals surface area contributed by atoms with Crippen LogP contribution >= 0.6 is 0 Å². The second kappa shape index (κ2) is 3.57. The van der Waals surface area contributed by atoms with Crippen molar-refractivity contribution < 1.29 is 14.6 Å². The lowest BCUT2D eigenvalue weighted by Gasteiger charge is -2.04. The van der Waals surface area contributed by atoms with Crippen LogP contribution in [0.5, 0.6) is 5.75 Å². The summed E-state index contributed by atoms with van der Waals surface area (Å²) in [7, 11) is 1.30. The summed E-state index contributed by atoms with van der Waals surface area (Å²) in [4.78, 5) is 15.3. The molecule has 0 radical (unpaired) electrons. The summed E-state index contributed by atoms with van der Waals surface area (Å²) in [5, 5.41) is 10.7. The molecule has 0 atom stereocenters. The summed E-state index contributed by atoms with van der Waals surface area (Å²) in [5.41, 5.74) is 0.214. The fourth-order valence-electron chi connectivity index (χ4n) is 1.45. The van der Waals surface area contributed by atoms with Gasteiger partial charge in [-0.05, 0) is 12.1 Å². The highest BCUT2D eigenvalue weighted by Crippen LogP contribution is 2.25. The number of carbonyl (C=O) groups is 1. The maximum Gasteiger partial charge on any atom is 0.357 e. The number of benzene rings is 1. The molecule has 0 saturated heterocycles. The molecule has 1 aromatic carbocycles. The Morgan fingerprint density at radius 2 is 2.13 bits per heavy atom. The molecule has 0 saturated carbocycles. The Morgan fingerprint density at radius 1 is 1.33 bits per heavy atom. The van der Waals surface area contributed by atoms with Crippen LogP contribution in [0.1, 0.15) is 10.5 Å². The number of rotatable bonds is 1. The number of fused-ring (bicyclic) bond motifs is 1. The first-order valence-corrected chi connectivity index (χ1v) is 4.39. The van der Waals surface area contributed by atoms with Gasteiger partial charge in [0.25, 0.3) is 0 Å². The molecule has 1 heterocycles. The van der Waals surface area contributed by atoms with Crippen molar-refractivity contribution in [3.05, 3.63) is 36.2 Å². The zero-order valence-electron chi connectivity index (χ0n) is 8.10. The van der Waals surface area contributed by atoms with E-state index in [0.29, 0.717) is 10.8 Å². The minimum absolute atomic E-state index is 0.125. The van der Waals surface area contributed by atoms with Gasteiger partial charge in [0.2, 0.25) is 0 Å². The van der Waals surface area contributed by atoms with Gasteiger partial charge in [-0.2, -0.15) is 0 Å². The van der Waals surface area contributed by atoms with E-state index < -0.39 is 5.97 Å². The highest BCUT2D eigenvalue weighted by molar-refractivity contribution is 6.04. The highest BCUT2D eigenvalue weighted by atomic mass is 16.5. The summed E-state index contributed by atoms with van der Waals surface area (Å²) in [5.74, 6) is -0.383. The summed E-state index contributed by atoms with van der Waals surface area (Å²) in [6.45, 7) is 0. The number of methoxy groups -OCH3 is 1. The Morgan fingerprint density at radius 3 is 2.87 bits per heavy atom. The Hall–Kier alpha value is -2.10. The van der Waals surface area contributed by atoms with Crippen molar-refractivity contribution in [3.8, 4) is 5.75 Å². The smallest absolute Gasteiger partial charge is 0.357 e. The number of esters is 1. The molecule has 0 bridgehead atoms. The zero-order valence-corrected chi connectivity index (χ0v) is 8.10. The van der Waals surface area contributed by atoms with E-state index in [2.05, 4.69) is 9.72 Å². The van der Waals surface area contributed by atoms with Crippen LogP contribution in [-0.4, -0.2) is 23.2 Å². The van der Waals surface area contributed by atoms with Gasteiger partial charge in [-0.15, -0.1) is 0 Å². The van der Waals surface area contributed by atoms with Gasteiger partial charge in [0.15, 0.2) is 5.69 Å². The molecule has 2 aromatic rings. The van der Waals surface area contributed by atoms with Crippen molar-refractivity contribution in [1.82, 2.24) is 4.98 Å². The molecule has 0 aliphatic rings. The van der Waals surface area contributed by atoms with E-state index in [4.69, 9.17) is 0 Å². The number of hydrogen-bond donors (Lipinski definition) is 1. The number of hydrogen-bond acceptors (Lipinski definition) is 4. The Kier molecular flexibility index (Phi) is 2.25. The highest BCUT2D eigenvalue weighted by Gasteiger charge is 2.12. The van der Waals surface area contributed by atoms with Gasteiger partial charge in [-0.3, -0.25) is 0 Å². The average molecular weight is 203 g/mol. The molecule has 76 valence electrons. The van der Waals surface area contributed by atoms with Gasteiger partial charge in [-0.1, -0.05) is 12.1 Å². The van der Waals surface area contributed by atoms with Crippen LogP contribution in [0, 0.1) is 0 Å². The first kappa shape index (κ1) is 9.45. The maximum absolute atomic E-state index is 11.4. The number of aromatic nitrogens is 1. The van der Waals surface area contributed by atoms with Crippen LogP contribution in [0.25, 0.3) is 10.8 Å². The van der Waals surface area contributed by atoms with Gasteiger partial charge >= 0.3 is 5.97 Å². The van der Waals surface area contributed by atoms with Gasteiger partial charge in [0, 0.05) is 17.0 Å². The first-order chi connectivity index (χ1) is 7.24. The SMILES string of the molecule is COC(=O)c1nccc2c(O)cccc12. The number of carbonyl (C=O) groups excluding carboxylic acids is 1. The van der Waals surface area contributed by atoms with E-state index in [1.165, 1.54) is 13.3 Å². The number of aromatic hydroxyl groups is 1.